The summed E-state index contributed by atoms with van der Waals surface area (Å²) in [4.78, 5) is 25.1. The smallest absolute Gasteiger partial charge is 0.268 e. The predicted octanol–water partition coefficient (Wildman–Crippen LogP) is 9.61. The molecule has 9 heteroatoms. The van der Waals surface area contributed by atoms with Crippen LogP contribution in [0.25, 0.3) is 0 Å². The molecule has 3 unspecified atom stereocenters. The molecule has 3 atom stereocenters. The molecule has 0 fully saturated rings. The first-order valence-electron chi connectivity index (χ1n) is 19.9. The Morgan fingerprint density at radius 1 is 0.660 bits per heavy atom. The van der Waals surface area contributed by atoms with E-state index < -0.39 is 20.0 Å². The van der Waals surface area contributed by atoms with E-state index in [4.69, 9.17) is 9.05 Å². The highest BCUT2D eigenvalue weighted by Crippen LogP contribution is 2.38. The minimum Gasteiger partial charge on any atom is -0.756 e. The number of aliphatic hydroxyl groups is 1. The third-order valence-electron chi connectivity index (χ3n) is 9.10. The molecule has 2 N–H and O–H groups in total. The van der Waals surface area contributed by atoms with Crippen molar-refractivity contribution in [3.05, 3.63) is 0 Å². The van der Waals surface area contributed by atoms with Crippen LogP contribution in [0.3, 0.4) is 0 Å². The lowest BCUT2D eigenvalue weighted by atomic mass is 10.0. The Balaban J connectivity index is 4.37. The van der Waals surface area contributed by atoms with E-state index in [1.807, 2.05) is 21.1 Å². The minimum atomic E-state index is -4.55. The van der Waals surface area contributed by atoms with Crippen LogP contribution in [0.15, 0.2) is 0 Å². The van der Waals surface area contributed by atoms with E-state index in [0.717, 1.165) is 38.5 Å². The first kappa shape index (κ1) is 46.5. The Hall–Kier alpha value is -0.500. The van der Waals surface area contributed by atoms with Crippen LogP contribution in [-0.2, 0) is 18.4 Å². The van der Waals surface area contributed by atoms with Gasteiger partial charge in [-0.1, -0.05) is 168 Å². The molecule has 0 spiro atoms. The lowest BCUT2D eigenvalue weighted by Gasteiger charge is -2.30. The van der Waals surface area contributed by atoms with Gasteiger partial charge in [-0.2, -0.15) is 0 Å². The average molecular weight is 691 g/mol. The molecular formula is C38H79N2O6P. The lowest BCUT2D eigenvalue weighted by Crippen LogP contribution is -2.46. The van der Waals surface area contributed by atoms with Crippen molar-refractivity contribution in [3.63, 3.8) is 0 Å². The average Bonchev–Trinajstić information content (AvgIpc) is 3.01. The second-order valence-electron chi connectivity index (χ2n) is 15.0. The van der Waals surface area contributed by atoms with Crippen molar-refractivity contribution in [2.75, 3.05) is 40.9 Å². The van der Waals surface area contributed by atoms with Gasteiger partial charge in [-0.25, -0.2) is 0 Å². The van der Waals surface area contributed by atoms with Crippen molar-refractivity contribution >= 4 is 13.7 Å². The second kappa shape index (κ2) is 31.5. The van der Waals surface area contributed by atoms with E-state index in [-0.39, 0.29) is 19.1 Å². The van der Waals surface area contributed by atoms with E-state index in [9.17, 15) is 19.4 Å². The molecule has 0 aromatic heterocycles. The van der Waals surface area contributed by atoms with Crippen molar-refractivity contribution in [1.29, 1.82) is 0 Å². The molecule has 0 aliphatic carbocycles. The molecule has 0 aliphatic heterocycles. The molecule has 0 aliphatic rings. The number of hydrogen-bond acceptors (Lipinski definition) is 6. The standard InChI is InChI=1S/C38H79N2O6P/c1-6-8-10-12-14-16-17-18-19-20-21-22-24-25-27-29-31-37(41)36(35-46-47(43,44)45-34-33-40(3,4)5)39-38(42)32-30-28-26-23-15-13-11-9-7-2/h36-37,41H,6-35H2,1-5H3,(H-,39,42,43,44). The van der Waals surface area contributed by atoms with Gasteiger partial charge < -0.3 is 28.8 Å². The lowest BCUT2D eigenvalue weighted by molar-refractivity contribution is -0.870. The fourth-order valence-corrected chi connectivity index (χ4v) is 6.59. The summed E-state index contributed by atoms with van der Waals surface area (Å²) in [6, 6.07) is -0.790. The largest absolute Gasteiger partial charge is 0.756 e. The van der Waals surface area contributed by atoms with Crippen LogP contribution < -0.4 is 10.2 Å². The number of unbranched alkanes of at least 4 members (excludes halogenated alkanes) is 23. The number of quaternary nitrogens is 1. The number of nitrogens with one attached hydrogen (secondary N) is 1. The summed E-state index contributed by atoms with van der Waals surface area (Å²) in [5.41, 5.74) is 0. The molecule has 8 nitrogen and oxygen atoms in total. The van der Waals surface area contributed by atoms with Gasteiger partial charge in [0.15, 0.2) is 0 Å². The Morgan fingerprint density at radius 3 is 1.45 bits per heavy atom. The van der Waals surface area contributed by atoms with Crippen molar-refractivity contribution < 1.29 is 32.9 Å². The Kier molecular flexibility index (Phi) is 31.1. The van der Waals surface area contributed by atoms with Crippen LogP contribution in [0.4, 0.5) is 0 Å². The normalized spacial score (nSPS) is 14.6. The highest BCUT2D eigenvalue weighted by Gasteiger charge is 2.24. The van der Waals surface area contributed by atoms with E-state index >= 15 is 0 Å². The molecule has 0 aromatic carbocycles. The number of phosphoric ester groups is 1. The van der Waals surface area contributed by atoms with Crippen LogP contribution in [0.1, 0.15) is 187 Å². The summed E-state index contributed by atoms with van der Waals surface area (Å²) in [6.07, 6.45) is 31.0. The van der Waals surface area contributed by atoms with E-state index in [0.29, 0.717) is 23.9 Å². The zero-order valence-corrected chi connectivity index (χ0v) is 32.6. The highest BCUT2D eigenvalue weighted by atomic mass is 31.2. The SMILES string of the molecule is CCCCCCCCCCCCCCCCCCC(O)C(COP(=O)([O-])OCC[N+](C)(C)C)NC(=O)CCCCCCCCCCC. The van der Waals surface area contributed by atoms with Gasteiger partial charge in [-0.15, -0.1) is 0 Å². The van der Waals surface area contributed by atoms with Gasteiger partial charge in [0.05, 0.1) is 39.9 Å². The van der Waals surface area contributed by atoms with Gasteiger partial charge in [0.2, 0.25) is 5.91 Å². The molecular weight excluding hydrogens is 611 g/mol. The molecule has 0 heterocycles. The third-order valence-corrected chi connectivity index (χ3v) is 10.1. The Bertz CT molecular complexity index is 748. The van der Waals surface area contributed by atoms with Gasteiger partial charge in [0, 0.05) is 6.42 Å². The van der Waals surface area contributed by atoms with Crippen LogP contribution in [0.5, 0.6) is 0 Å². The maximum atomic E-state index is 12.7. The molecule has 0 rings (SSSR count). The zero-order chi connectivity index (χ0) is 35.1. The maximum absolute atomic E-state index is 12.7. The first-order valence-corrected chi connectivity index (χ1v) is 21.3. The number of amides is 1. The number of rotatable bonds is 36. The molecule has 282 valence electrons. The summed E-state index contributed by atoms with van der Waals surface area (Å²) in [6.45, 7) is 4.69. The summed E-state index contributed by atoms with van der Waals surface area (Å²) in [7, 11) is 1.31. The van der Waals surface area contributed by atoms with Crippen molar-refractivity contribution in [1.82, 2.24) is 5.32 Å². The van der Waals surface area contributed by atoms with Gasteiger partial charge in [-0.3, -0.25) is 9.36 Å². The molecule has 0 bridgehead atoms. The number of carbonyl (C=O) groups excluding carboxylic acids is 1. The maximum Gasteiger partial charge on any atom is 0.268 e. The number of hydrogen-bond donors (Lipinski definition) is 2. The van der Waals surface area contributed by atoms with E-state index in [1.165, 1.54) is 122 Å². The molecule has 0 saturated carbocycles. The highest BCUT2D eigenvalue weighted by molar-refractivity contribution is 7.45. The summed E-state index contributed by atoms with van der Waals surface area (Å²) < 4.78 is 23.1. The molecule has 47 heavy (non-hydrogen) atoms. The van der Waals surface area contributed by atoms with E-state index in [1.54, 1.807) is 0 Å². The first-order chi connectivity index (χ1) is 22.5. The molecule has 0 saturated heterocycles. The second-order valence-corrected chi connectivity index (χ2v) is 16.4. The van der Waals surface area contributed by atoms with E-state index in [2.05, 4.69) is 19.2 Å². The van der Waals surface area contributed by atoms with Crippen LogP contribution >= 0.6 is 7.82 Å². The van der Waals surface area contributed by atoms with Crippen molar-refractivity contribution in [3.8, 4) is 0 Å². The molecule has 0 aromatic rings. The van der Waals surface area contributed by atoms with Gasteiger partial charge in [0.25, 0.3) is 7.82 Å². The van der Waals surface area contributed by atoms with Gasteiger partial charge in [0.1, 0.15) is 13.2 Å². The predicted molar refractivity (Wildman–Crippen MR) is 196 cm³/mol. The topological polar surface area (TPSA) is 108 Å². The Labute approximate surface area is 291 Å². The van der Waals surface area contributed by atoms with Gasteiger partial charge in [-0.05, 0) is 12.8 Å². The monoisotopic (exact) mass is 691 g/mol. The van der Waals surface area contributed by atoms with Crippen molar-refractivity contribution in [2.45, 2.75) is 199 Å². The quantitative estimate of drug-likeness (QED) is 0.0385. The van der Waals surface area contributed by atoms with Crippen LogP contribution in [0.2, 0.25) is 0 Å². The van der Waals surface area contributed by atoms with Crippen LogP contribution in [-0.4, -0.2) is 68.5 Å². The number of carbonyl (C=O) groups is 1. The minimum absolute atomic E-state index is 0.0155. The fourth-order valence-electron chi connectivity index (χ4n) is 5.86. The summed E-state index contributed by atoms with van der Waals surface area (Å²) >= 11 is 0. The summed E-state index contributed by atoms with van der Waals surface area (Å²) in [5, 5.41) is 13.8. The number of likely N-dealkylation sites (N-methyl/N-ethyl adjacent to an activating group) is 1. The zero-order valence-electron chi connectivity index (χ0n) is 31.8. The number of aliphatic hydroxyl groups excluding tert-OH is 1. The van der Waals surface area contributed by atoms with Gasteiger partial charge >= 0.3 is 0 Å². The third kappa shape index (κ3) is 33.8. The van der Waals surface area contributed by atoms with Crippen molar-refractivity contribution in [2.24, 2.45) is 0 Å². The van der Waals surface area contributed by atoms with Crippen LogP contribution in [0, 0.1) is 0 Å². The fraction of sp³-hybridized carbons (Fsp3) is 0.974. The molecule has 1 amide bonds. The number of nitrogens with zero attached hydrogens (tertiary/aromatic N) is 1. The Morgan fingerprint density at radius 2 is 1.04 bits per heavy atom. The summed E-state index contributed by atoms with van der Waals surface area (Å²) in [5.74, 6) is -0.167. The number of phosphoric acid groups is 1. The molecule has 0 radical (unpaired) electrons.